The maximum absolute atomic E-state index is 12.7. The third-order valence-electron chi connectivity index (χ3n) is 1.97. The minimum atomic E-state index is -0.417. The minimum absolute atomic E-state index is 0.00755. The molecule has 1 nitrogen and oxygen atoms in total. The molecule has 0 saturated carbocycles. The molecule has 1 N–H and O–H groups in total. The lowest BCUT2D eigenvalue weighted by atomic mass is 10.1. The molecular formula is C11H9FOS. The standard InChI is InChI=1S/C11H9FOS/c1-7-2-5-11(14-7)9-4-3-8(12)6-10(9)13/h2-6,13H,1H3. The van der Waals surface area contributed by atoms with E-state index in [1.807, 2.05) is 19.1 Å². The van der Waals surface area contributed by atoms with Crippen LogP contribution in [0.5, 0.6) is 5.75 Å². The highest BCUT2D eigenvalue weighted by atomic mass is 32.1. The second-order valence-corrected chi connectivity index (χ2v) is 4.36. The summed E-state index contributed by atoms with van der Waals surface area (Å²) in [5.74, 6) is -0.425. The monoisotopic (exact) mass is 208 g/mol. The van der Waals surface area contributed by atoms with Crippen molar-refractivity contribution in [3.63, 3.8) is 0 Å². The van der Waals surface area contributed by atoms with Gasteiger partial charge < -0.3 is 5.11 Å². The fourth-order valence-corrected chi connectivity index (χ4v) is 2.19. The number of hydrogen-bond donors (Lipinski definition) is 1. The first-order valence-corrected chi connectivity index (χ1v) is 5.04. The fourth-order valence-electron chi connectivity index (χ4n) is 1.29. The summed E-state index contributed by atoms with van der Waals surface area (Å²) >= 11 is 1.58. The number of phenols is 1. The molecule has 1 heterocycles. The molecule has 0 saturated heterocycles. The van der Waals surface area contributed by atoms with Gasteiger partial charge in [-0.15, -0.1) is 11.3 Å². The molecule has 72 valence electrons. The predicted molar refractivity (Wildman–Crippen MR) is 56.1 cm³/mol. The zero-order valence-electron chi connectivity index (χ0n) is 7.62. The number of aryl methyl sites for hydroxylation is 1. The molecule has 14 heavy (non-hydrogen) atoms. The number of hydrogen-bond acceptors (Lipinski definition) is 2. The van der Waals surface area contributed by atoms with Crippen LogP contribution in [0, 0.1) is 12.7 Å². The Bertz CT molecular complexity index is 462. The average molecular weight is 208 g/mol. The van der Waals surface area contributed by atoms with Gasteiger partial charge in [-0.3, -0.25) is 0 Å². The first kappa shape index (κ1) is 9.21. The Morgan fingerprint density at radius 2 is 2.00 bits per heavy atom. The van der Waals surface area contributed by atoms with Crippen molar-refractivity contribution in [1.29, 1.82) is 0 Å². The van der Waals surface area contributed by atoms with Crippen molar-refractivity contribution < 1.29 is 9.50 Å². The van der Waals surface area contributed by atoms with Gasteiger partial charge in [-0.1, -0.05) is 0 Å². The number of thiophene rings is 1. The molecule has 0 bridgehead atoms. The van der Waals surface area contributed by atoms with E-state index in [2.05, 4.69) is 0 Å². The lowest BCUT2D eigenvalue weighted by molar-refractivity contribution is 0.471. The SMILES string of the molecule is Cc1ccc(-c2ccc(F)cc2O)s1. The quantitative estimate of drug-likeness (QED) is 0.759. The van der Waals surface area contributed by atoms with Crippen molar-refractivity contribution in [3.05, 3.63) is 41.0 Å². The Morgan fingerprint density at radius 1 is 1.21 bits per heavy atom. The van der Waals surface area contributed by atoms with Gasteiger partial charge in [-0.05, 0) is 31.2 Å². The zero-order chi connectivity index (χ0) is 10.1. The smallest absolute Gasteiger partial charge is 0.127 e. The fraction of sp³-hybridized carbons (Fsp3) is 0.0909. The summed E-state index contributed by atoms with van der Waals surface area (Å²) in [5, 5.41) is 9.52. The van der Waals surface area contributed by atoms with Gasteiger partial charge in [0.05, 0.1) is 0 Å². The second-order valence-electron chi connectivity index (χ2n) is 3.07. The third-order valence-corrected chi connectivity index (χ3v) is 3.00. The lowest BCUT2D eigenvalue weighted by Crippen LogP contribution is -1.77. The molecule has 0 unspecified atom stereocenters. The summed E-state index contributed by atoms with van der Waals surface area (Å²) in [6.45, 7) is 1.99. The molecular weight excluding hydrogens is 199 g/mol. The van der Waals surface area contributed by atoms with Crippen molar-refractivity contribution >= 4 is 11.3 Å². The molecule has 0 fully saturated rings. The molecule has 0 spiro atoms. The number of aromatic hydroxyl groups is 1. The Hall–Kier alpha value is -1.35. The van der Waals surface area contributed by atoms with Gasteiger partial charge in [-0.25, -0.2) is 4.39 Å². The molecule has 2 aromatic rings. The summed E-state index contributed by atoms with van der Waals surface area (Å²) in [4.78, 5) is 2.13. The van der Waals surface area contributed by atoms with E-state index in [1.165, 1.54) is 10.9 Å². The zero-order valence-corrected chi connectivity index (χ0v) is 8.44. The van der Waals surface area contributed by atoms with E-state index in [9.17, 15) is 9.50 Å². The van der Waals surface area contributed by atoms with E-state index in [-0.39, 0.29) is 5.75 Å². The van der Waals surface area contributed by atoms with Gasteiger partial charge in [-0.2, -0.15) is 0 Å². The van der Waals surface area contributed by atoms with Gasteiger partial charge in [0, 0.05) is 21.4 Å². The molecule has 1 aromatic carbocycles. The maximum atomic E-state index is 12.7. The molecule has 0 aliphatic carbocycles. The van der Waals surface area contributed by atoms with Crippen molar-refractivity contribution in [3.8, 4) is 16.2 Å². The molecule has 0 atom stereocenters. The van der Waals surface area contributed by atoms with Gasteiger partial charge in [0.1, 0.15) is 11.6 Å². The number of benzene rings is 1. The highest BCUT2D eigenvalue weighted by Crippen LogP contribution is 2.34. The van der Waals surface area contributed by atoms with Gasteiger partial charge in [0.2, 0.25) is 0 Å². The van der Waals surface area contributed by atoms with Crippen LogP contribution in [0.15, 0.2) is 30.3 Å². The predicted octanol–water partition coefficient (Wildman–Crippen LogP) is 3.57. The third kappa shape index (κ3) is 1.63. The summed E-state index contributed by atoms with van der Waals surface area (Å²) < 4.78 is 12.7. The van der Waals surface area contributed by atoms with E-state index in [4.69, 9.17) is 0 Å². The van der Waals surface area contributed by atoms with Crippen molar-refractivity contribution in [1.82, 2.24) is 0 Å². The number of phenolic OH excluding ortho intramolecular Hbond substituents is 1. The van der Waals surface area contributed by atoms with E-state index in [0.717, 1.165) is 10.9 Å². The Balaban J connectivity index is 2.52. The highest BCUT2D eigenvalue weighted by molar-refractivity contribution is 7.15. The van der Waals surface area contributed by atoms with Gasteiger partial charge >= 0.3 is 0 Å². The van der Waals surface area contributed by atoms with Crippen LogP contribution in [0.4, 0.5) is 4.39 Å². The van der Waals surface area contributed by atoms with Crippen molar-refractivity contribution in [2.24, 2.45) is 0 Å². The van der Waals surface area contributed by atoms with Crippen LogP contribution in [-0.4, -0.2) is 5.11 Å². The van der Waals surface area contributed by atoms with E-state index >= 15 is 0 Å². The normalized spacial score (nSPS) is 10.4. The van der Waals surface area contributed by atoms with E-state index < -0.39 is 5.82 Å². The van der Waals surface area contributed by atoms with E-state index in [0.29, 0.717) is 5.56 Å². The Kier molecular flexibility index (Phi) is 2.25. The molecule has 0 aliphatic heterocycles. The number of rotatable bonds is 1. The van der Waals surface area contributed by atoms with E-state index in [1.54, 1.807) is 17.4 Å². The maximum Gasteiger partial charge on any atom is 0.127 e. The summed E-state index contributed by atoms with van der Waals surface area (Å²) in [6, 6.07) is 7.97. The van der Waals surface area contributed by atoms with Gasteiger partial charge in [0.15, 0.2) is 0 Å². The topological polar surface area (TPSA) is 20.2 Å². The molecule has 2 rings (SSSR count). The molecule has 0 radical (unpaired) electrons. The molecule has 3 heteroatoms. The van der Waals surface area contributed by atoms with Crippen LogP contribution in [0.25, 0.3) is 10.4 Å². The summed E-state index contributed by atoms with van der Waals surface area (Å²) in [6.07, 6.45) is 0. The van der Waals surface area contributed by atoms with Gasteiger partial charge in [0.25, 0.3) is 0 Å². The van der Waals surface area contributed by atoms with Crippen molar-refractivity contribution in [2.75, 3.05) is 0 Å². The largest absolute Gasteiger partial charge is 0.507 e. The minimum Gasteiger partial charge on any atom is -0.507 e. The Morgan fingerprint density at radius 3 is 2.57 bits per heavy atom. The molecule has 0 aliphatic rings. The van der Waals surface area contributed by atoms with Crippen LogP contribution in [-0.2, 0) is 0 Å². The molecule has 0 amide bonds. The second kappa shape index (κ2) is 3.42. The highest BCUT2D eigenvalue weighted by Gasteiger charge is 2.06. The molecule has 1 aromatic heterocycles. The lowest BCUT2D eigenvalue weighted by Gasteiger charge is -2.00. The van der Waals surface area contributed by atoms with Crippen LogP contribution >= 0.6 is 11.3 Å². The van der Waals surface area contributed by atoms with Crippen LogP contribution in [0.2, 0.25) is 0 Å². The average Bonchev–Trinajstić information content (AvgIpc) is 2.51. The first-order valence-electron chi connectivity index (χ1n) is 4.22. The van der Waals surface area contributed by atoms with Crippen LogP contribution < -0.4 is 0 Å². The first-order chi connectivity index (χ1) is 6.66. The number of halogens is 1. The Labute approximate surface area is 85.5 Å². The summed E-state index contributed by atoms with van der Waals surface area (Å²) in [7, 11) is 0. The van der Waals surface area contributed by atoms with Crippen molar-refractivity contribution in [2.45, 2.75) is 6.92 Å². The summed E-state index contributed by atoms with van der Waals surface area (Å²) in [5.41, 5.74) is 0.685. The van der Waals surface area contributed by atoms with Crippen LogP contribution in [0.3, 0.4) is 0 Å². The van der Waals surface area contributed by atoms with Crippen LogP contribution in [0.1, 0.15) is 4.88 Å².